The molecule has 1 aliphatic heterocycles. The second-order valence-corrected chi connectivity index (χ2v) is 4.20. The Morgan fingerprint density at radius 1 is 1.62 bits per heavy atom. The van der Waals surface area contributed by atoms with Gasteiger partial charge >= 0.3 is 0 Å². The van der Waals surface area contributed by atoms with Crippen LogP contribution in [0.25, 0.3) is 0 Å². The van der Waals surface area contributed by atoms with Crippen molar-refractivity contribution in [2.45, 2.75) is 6.23 Å². The largest absolute Gasteiger partial charge is 0.311 e. The van der Waals surface area contributed by atoms with Gasteiger partial charge in [-0.15, -0.1) is 0 Å². The highest BCUT2D eigenvalue weighted by Gasteiger charge is 2.36. The number of likely N-dealkylation sites (N-methyl/N-ethyl adjacent to an activating group) is 1. The lowest BCUT2D eigenvalue weighted by Crippen LogP contribution is -2.35. The van der Waals surface area contributed by atoms with E-state index in [9.17, 15) is 13.2 Å². The lowest BCUT2D eigenvalue weighted by atomic mass is 10.5. The Kier molecular flexibility index (Phi) is 2.26. The summed E-state index contributed by atoms with van der Waals surface area (Å²) in [5, 5.41) is 9.26. The van der Waals surface area contributed by atoms with E-state index in [-0.39, 0.29) is 5.96 Å². The first kappa shape index (κ1) is 9.93. The fourth-order valence-corrected chi connectivity index (χ4v) is 1.38. The van der Waals surface area contributed by atoms with Crippen LogP contribution >= 0.6 is 0 Å². The van der Waals surface area contributed by atoms with Crippen molar-refractivity contribution in [1.29, 1.82) is 5.41 Å². The first-order valence-corrected chi connectivity index (χ1v) is 5.13. The molecule has 1 amide bonds. The van der Waals surface area contributed by atoms with Crippen LogP contribution in [0.5, 0.6) is 0 Å². The number of carbonyl (C=O) groups excluding carboxylic acids is 1. The minimum Gasteiger partial charge on any atom is -0.311 e. The fraction of sp³-hybridized carbons (Fsp3) is 0.600. The zero-order valence-corrected chi connectivity index (χ0v) is 7.88. The molecule has 1 saturated heterocycles. The summed E-state index contributed by atoms with van der Waals surface area (Å²) < 4.78 is 25.8. The fourth-order valence-electron chi connectivity index (χ4n) is 0.834. The van der Waals surface area contributed by atoms with Gasteiger partial charge in [0.15, 0.2) is 5.96 Å². The Morgan fingerprint density at radius 2 is 2.15 bits per heavy atom. The molecule has 1 unspecified atom stereocenters. The Morgan fingerprint density at radius 3 is 2.46 bits per heavy atom. The first-order chi connectivity index (χ1) is 5.81. The van der Waals surface area contributed by atoms with E-state index in [2.05, 4.69) is 9.50 Å². The standard InChI is InChI=1S/C5H9N3O4S/c1-8-4(12-13(2,10)11)3(9)7-5(8)6/h4H,1-2H3,(H2,6,7,9). The van der Waals surface area contributed by atoms with Crippen molar-refractivity contribution in [3.8, 4) is 0 Å². The van der Waals surface area contributed by atoms with Gasteiger partial charge in [0.1, 0.15) is 0 Å². The van der Waals surface area contributed by atoms with Crippen molar-refractivity contribution in [1.82, 2.24) is 10.2 Å². The van der Waals surface area contributed by atoms with Crippen LogP contribution in [0, 0.1) is 5.41 Å². The van der Waals surface area contributed by atoms with Crippen molar-refractivity contribution in [3.05, 3.63) is 0 Å². The van der Waals surface area contributed by atoms with Gasteiger partial charge in [-0.25, -0.2) is 4.18 Å². The maximum absolute atomic E-state index is 11.0. The summed E-state index contributed by atoms with van der Waals surface area (Å²) in [6, 6.07) is 0. The molecule has 0 aliphatic carbocycles. The Bertz CT molecular complexity index is 349. The lowest BCUT2D eigenvalue weighted by Gasteiger charge is -2.15. The van der Waals surface area contributed by atoms with Crippen molar-refractivity contribution in [3.63, 3.8) is 0 Å². The molecule has 0 spiro atoms. The third-order valence-electron chi connectivity index (χ3n) is 1.44. The number of hydrogen-bond acceptors (Lipinski definition) is 5. The molecule has 0 bridgehead atoms. The van der Waals surface area contributed by atoms with Gasteiger partial charge in [-0.1, -0.05) is 0 Å². The summed E-state index contributed by atoms with van der Waals surface area (Å²) in [7, 11) is -2.31. The molecular formula is C5H9N3O4S. The topological polar surface area (TPSA) is 99.6 Å². The third-order valence-corrected chi connectivity index (χ3v) is 1.97. The molecule has 0 aromatic rings. The van der Waals surface area contributed by atoms with E-state index in [4.69, 9.17) is 5.41 Å². The quantitative estimate of drug-likeness (QED) is 0.525. The molecule has 1 rings (SSSR count). The molecule has 0 radical (unpaired) electrons. The van der Waals surface area contributed by atoms with Crippen LogP contribution in [0.2, 0.25) is 0 Å². The van der Waals surface area contributed by atoms with Crippen molar-refractivity contribution in [2.75, 3.05) is 13.3 Å². The summed E-state index contributed by atoms with van der Waals surface area (Å²) in [6.45, 7) is 0. The maximum atomic E-state index is 11.0. The summed E-state index contributed by atoms with van der Waals surface area (Å²) in [5.74, 6) is -0.837. The van der Waals surface area contributed by atoms with Crippen LogP contribution in [-0.2, 0) is 19.1 Å². The minimum atomic E-state index is -3.70. The van der Waals surface area contributed by atoms with E-state index in [1.54, 1.807) is 0 Å². The Labute approximate surface area is 75.3 Å². The average Bonchev–Trinajstić information content (AvgIpc) is 2.14. The molecule has 2 N–H and O–H groups in total. The molecule has 1 aliphatic rings. The summed E-state index contributed by atoms with van der Waals surface area (Å²) in [6.07, 6.45) is -0.418. The lowest BCUT2D eigenvalue weighted by molar-refractivity contribution is -0.127. The van der Waals surface area contributed by atoms with Gasteiger partial charge in [-0.05, 0) is 0 Å². The predicted molar refractivity (Wildman–Crippen MR) is 43.3 cm³/mol. The van der Waals surface area contributed by atoms with Crippen LogP contribution in [0.4, 0.5) is 0 Å². The van der Waals surface area contributed by atoms with Gasteiger partial charge < -0.3 is 4.90 Å². The highest BCUT2D eigenvalue weighted by atomic mass is 32.2. The zero-order valence-electron chi connectivity index (χ0n) is 7.07. The minimum absolute atomic E-state index is 0.182. The van der Waals surface area contributed by atoms with Gasteiger partial charge in [-0.2, -0.15) is 8.42 Å². The van der Waals surface area contributed by atoms with Crippen molar-refractivity contribution in [2.24, 2.45) is 0 Å². The Balaban J connectivity index is 2.82. The van der Waals surface area contributed by atoms with E-state index in [1.165, 1.54) is 7.05 Å². The second kappa shape index (κ2) is 2.96. The summed E-state index contributed by atoms with van der Waals surface area (Å²) in [5.41, 5.74) is 0. The van der Waals surface area contributed by atoms with E-state index in [0.717, 1.165) is 11.2 Å². The van der Waals surface area contributed by atoms with Crippen LogP contribution in [-0.4, -0.2) is 44.7 Å². The van der Waals surface area contributed by atoms with Gasteiger partial charge in [0.25, 0.3) is 16.0 Å². The highest BCUT2D eigenvalue weighted by Crippen LogP contribution is 2.08. The van der Waals surface area contributed by atoms with Crippen LogP contribution in [0.15, 0.2) is 0 Å². The highest BCUT2D eigenvalue weighted by molar-refractivity contribution is 7.86. The molecule has 0 saturated carbocycles. The smallest absolute Gasteiger partial charge is 0.278 e. The molecular weight excluding hydrogens is 198 g/mol. The molecule has 0 aromatic heterocycles. The summed E-state index contributed by atoms with van der Waals surface area (Å²) in [4.78, 5) is 12.1. The number of rotatable bonds is 2. The molecule has 7 nitrogen and oxygen atoms in total. The van der Waals surface area contributed by atoms with Gasteiger partial charge in [0.2, 0.25) is 6.23 Å². The van der Waals surface area contributed by atoms with Crippen LogP contribution in [0.1, 0.15) is 0 Å². The second-order valence-electron chi connectivity index (χ2n) is 2.60. The Hall–Kier alpha value is -1.15. The molecule has 1 atom stereocenters. The molecule has 1 heterocycles. The monoisotopic (exact) mass is 207 g/mol. The van der Waals surface area contributed by atoms with E-state index >= 15 is 0 Å². The summed E-state index contributed by atoms with van der Waals surface area (Å²) >= 11 is 0. The number of amides is 1. The predicted octanol–water partition coefficient (Wildman–Crippen LogP) is -1.71. The normalized spacial score (nSPS) is 23.5. The van der Waals surface area contributed by atoms with E-state index in [0.29, 0.717) is 0 Å². The first-order valence-electron chi connectivity index (χ1n) is 3.32. The van der Waals surface area contributed by atoms with Gasteiger partial charge in [-0.3, -0.25) is 15.5 Å². The molecule has 8 heteroatoms. The molecule has 74 valence electrons. The third kappa shape index (κ3) is 2.16. The molecule has 13 heavy (non-hydrogen) atoms. The van der Waals surface area contributed by atoms with Crippen LogP contribution < -0.4 is 5.32 Å². The average molecular weight is 207 g/mol. The molecule has 1 fully saturated rings. The number of guanidine groups is 1. The maximum Gasteiger partial charge on any atom is 0.278 e. The molecule has 0 aromatic carbocycles. The van der Waals surface area contributed by atoms with Gasteiger partial charge in [0.05, 0.1) is 6.26 Å². The number of nitrogens with one attached hydrogen (secondary N) is 2. The van der Waals surface area contributed by atoms with Crippen molar-refractivity contribution >= 4 is 22.0 Å². The van der Waals surface area contributed by atoms with Gasteiger partial charge in [0, 0.05) is 7.05 Å². The van der Waals surface area contributed by atoms with Crippen LogP contribution in [0.3, 0.4) is 0 Å². The number of carbonyl (C=O) groups is 1. The van der Waals surface area contributed by atoms with E-state index in [1.807, 2.05) is 0 Å². The SMILES string of the molecule is CN1C(=N)NC(=O)C1OS(C)(=O)=O. The zero-order chi connectivity index (χ0) is 10.2. The number of hydrogen-bond donors (Lipinski definition) is 2. The number of nitrogens with zero attached hydrogens (tertiary/aromatic N) is 1. The van der Waals surface area contributed by atoms with Crippen molar-refractivity contribution < 1.29 is 17.4 Å². The van der Waals surface area contributed by atoms with E-state index < -0.39 is 22.3 Å².